The van der Waals surface area contributed by atoms with Crippen LogP contribution in [0.1, 0.15) is 32.1 Å². The van der Waals surface area contributed by atoms with E-state index in [-0.39, 0.29) is 0 Å². The third kappa shape index (κ3) is 9.98. The summed E-state index contributed by atoms with van der Waals surface area (Å²) in [6.45, 7) is 2.00. The van der Waals surface area contributed by atoms with Gasteiger partial charge in [-0.15, -0.1) is 0 Å². The molecule has 1 aliphatic rings. The molecule has 11 heavy (non-hydrogen) atoms. The number of nitrogens with two attached hydrogens (primary N) is 1. The second-order valence-electron chi connectivity index (χ2n) is 2.40. The van der Waals surface area contributed by atoms with Gasteiger partial charge in [-0.3, -0.25) is 0 Å². The van der Waals surface area contributed by atoms with Crippen LogP contribution in [0.25, 0.3) is 0 Å². The normalized spacial score (nSPS) is 17.0. The molecule has 0 atom stereocenters. The van der Waals surface area contributed by atoms with Gasteiger partial charge in [0, 0.05) is 6.04 Å². The van der Waals surface area contributed by atoms with E-state index >= 15 is 0 Å². The van der Waals surface area contributed by atoms with Gasteiger partial charge in [-0.25, -0.2) is 0 Å². The fraction of sp³-hybridized carbons (Fsp3) is 0.875. The first-order valence-electron chi connectivity index (χ1n) is 3.89. The Kier molecular flexibility index (Phi) is 15.6. The third-order valence-electron chi connectivity index (χ3n) is 1.65. The molecule has 2 N–H and O–H groups in total. The average molecular weight is 177 g/mol. The van der Waals surface area contributed by atoms with Gasteiger partial charge >= 0.3 is 0 Å². The standard InChI is InChI=1S/C6H13N.CH2O.CH4S/c7-6-4-2-1-3-5-6;2*1-2/h6H,1-5,7H2;1H2;2H,1H3. The van der Waals surface area contributed by atoms with Crippen LogP contribution in [0.4, 0.5) is 0 Å². The first-order chi connectivity index (χ1) is 5.39. The minimum absolute atomic E-state index is 0.536. The van der Waals surface area contributed by atoms with Crippen molar-refractivity contribution in [3.8, 4) is 0 Å². The predicted molar refractivity (Wildman–Crippen MR) is 53.1 cm³/mol. The van der Waals surface area contributed by atoms with E-state index in [0.29, 0.717) is 6.04 Å². The highest BCUT2D eigenvalue weighted by atomic mass is 32.1. The molecule has 0 unspecified atom stereocenters. The van der Waals surface area contributed by atoms with Crippen molar-refractivity contribution in [1.82, 2.24) is 0 Å². The Labute approximate surface area is 75.0 Å². The van der Waals surface area contributed by atoms with Crippen molar-refractivity contribution in [3.63, 3.8) is 0 Å². The molecule has 1 fully saturated rings. The predicted octanol–water partition coefficient (Wildman–Crippen LogP) is 1.64. The fourth-order valence-corrected chi connectivity index (χ4v) is 1.13. The zero-order chi connectivity index (χ0) is 9.11. The highest BCUT2D eigenvalue weighted by Crippen LogP contribution is 2.14. The van der Waals surface area contributed by atoms with E-state index in [4.69, 9.17) is 10.5 Å². The number of carbonyl (C=O) groups is 1. The van der Waals surface area contributed by atoms with Crippen molar-refractivity contribution in [3.05, 3.63) is 0 Å². The van der Waals surface area contributed by atoms with Gasteiger partial charge in [0.25, 0.3) is 0 Å². The Balaban J connectivity index is 0. The van der Waals surface area contributed by atoms with Crippen LogP contribution in [-0.2, 0) is 4.79 Å². The van der Waals surface area contributed by atoms with Crippen LogP contribution < -0.4 is 5.73 Å². The number of thiol groups is 1. The highest BCUT2D eigenvalue weighted by molar-refractivity contribution is 7.79. The molecule has 0 aromatic rings. The zero-order valence-electron chi connectivity index (χ0n) is 7.25. The number of rotatable bonds is 0. The molecule has 0 spiro atoms. The Morgan fingerprint density at radius 3 is 1.73 bits per heavy atom. The van der Waals surface area contributed by atoms with Crippen LogP contribution in [-0.4, -0.2) is 19.1 Å². The maximum absolute atomic E-state index is 8.00. The van der Waals surface area contributed by atoms with E-state index in [0.717, 1.165) is 0 Å². The smallest absolute Gasteiger partial charge is 0.106 e. The summed E-state index contributed by atoms with van der Waals surface area (Å²) in [7, 11) is 0. The van der Waals surface area contributed by atoms with E-state index in [2.05, 4.69) is 12.6 Å². The number of hydrogen-bond acceptors (Lipinski definition) is 3. The summed E-state index contributed by atoms with van der Waals surface area (Å²) in [5.74, 6) is 0. The minimum Gasteiger partial charge on any atom is -0.328 e. The highest BCUT2D eigenvalue weighted by Gasteiger charge is 2.06. The van der Waals surface area contributed by atoms with Crippen molar-refractivity contribution < 1.29 is 4.79 Å². The molecule has 0 saturated heterocycles. The lowest BCUT2D eigenvalue weighted by Crippen LogP contribution is -2.22. The summed E-state index contributed by atoms with van der Waals surface area (Å²) in [4.78, 5) is 8.00. The Hall–Kier alpha value is -0.0200. The quantitative estimate of drug-likeness (QED) is 0.552. The van der Waals surface area contributed by atoms with Crippen molar-refractivity contribution in [1.29, 1.82) is 0 Å². The molecule has 3 heteroatoms. The molecule has 0 bridgehead atoms. The summed E-state index contributed by atoms with van der Waals surface area (Å²) < 4.78 is 0. The lowest BCUT2D eigenvalue weighted by molar-refractivity contribution is -0.0979. The zero-order valence-corrected chi connectivity index (χ0v) is 8.15. The Morgan fingerprint density at radius 1 is 1.18 bits per heavy atom. The van der Waals surface area contributed by atoms with Gasteiger partial charge in [0.05, 0.1) is 0 Å². The first kappa shape index (κ1) is 13.6. The van der Waals surface area contributed by atoms with Crippen LogP contribution in [0.2, 0.25) is 0 Å². The maximum Gasteiger partial charge on any atom is 0.106 e. The van der Waals surface area contributed by atoms with E-state index in [1.54, 1.807) is 6.26 Å². The summed E-state index contributed by atoms with van der Waals surface area (Å²) in [6, 6.07) is 0.536. The van der Waals surface area contributed by atoms with Crippen LogP contribution in [0.3, 0.4) is 0 Å². The van der Waals surface area contributed by atoms with Gasteiger partial charge in [-0.2, -0.15) is 12.6 Å². The molecule has 0 heterocycles. The molecular formula is C8H19NOS. The number of carbonyl (C=O) groups excluding carboxylic acids is 1. The van der Waals surface area contributed by atoms with Crippen LogP contribution in [0.5, 0.6) is 0 Å². The van der Waals surface area contributed by atoms with E-state index in [1.807, 2.05) is 6.79 Å². The third-order valence-corrected chi connectivity index (χ3v) is 1.65. The van der Waals surface area contributed by atoms with Crippen molar-refractivity contribution in [2.24, 2.45) is 5.73 Å². The fourth-order valence-electron chi connectivity index (χ4n) is 1.13. The van der Waals surface area contributed by atoms with Crippen molar-refractivity contribution >= 4 is 19.4 Å². The second-order valence-corrected chi connectivity index (χ2v) is 2.40. The molecular weight excluding hydrogens is 158 g/mol. The molecule has 0 amide bonds. The van der Waals surface area contributed by atoms with Gasteiger partial charge in [0.15, 0.2) is 0 Å². The van der Waals surface area contributed by atoms with E-state index in [1.165, 1.54) is 32.1 Å². The molecule has 1 saturated carbocycles. The average Bonchev–Trinajstić information content (AvgIpc) is 2.13. The van der Waals surface area contributed by atoms with Crippen molar-refractivity contribution in [2.45, 2.75) is 38.1 Å². The van der Waals surface area contributed by atoms with Gasteiger partial charge in [-0.05, 0) is 19.1 Å². The first-order valence-corrected chi connectivity index (χ1v) is 4.78. The molecule has 68 valence electrons. The SMILES string of the molecule is C=O.CS.NC1CCCCC1. The topological polar surface area (TPSA) is 43.1 Å². The molecule has 0 aromatic heterocycles. The minimum atomic E-state index is 0.536. The van der Waals surface area contributed by atoms with E-state index < -0.39 is 0 Å². The summed E-state index contributed by atoms with van der Waals surface area (Å²) in [5.41, 5.74) is 5.63. The largest absolute Gasteiger partial charge is 0.328 e. The van der Waals surface area contributed by atoms with Gasteiger partial charge in [0.2, 0.25) is 0 Å². The Morgan fingerprint density at radius 2 is 1.55 bits per heavy atom. The maximum atomic E-state index is 8.00. The van der Waals surface area contributed by atoms with E-state index in [9.17, 15) is 0 Å². The van der Waals surface area contributed by atoms with Gasteiger partial charge < -0.3 is 10.5 Å². The van der Waals surface area contributed by atoms with Crippen molar-refractivity contribution in [2.75, 3.05) is 6.26 Å². The van der Waals surface area contributed by atoms with Gasteiger partial charge in [-0.1, -0.05) is 19.3 Å². The Bertz CT molecular complexity index is 65.1. The molecule has 2 nitrogen and oxygen atoms in total. The summed E-state index contributed by atoms with van der Waals surface area (Å²) in [5, 5.41) is 0. The molecule has 0 radical (unpaired) electrons. The summed E-state index contributed by atoms with van der Waals surface area (Å²) in [6.07, 6.45) is 8.36. The number of hydrogen-bond donors (Lipinski definition) is 2. The van der Waals surface area contributed by atoms with Crippen LogP contribution >= 0.6 is 12.6 Å². The second kappa shape index (κ2) is 12.6. The monoisotopic (exact) mass is 177 g/mol. The molecule has 0 aliphatic heterocycles. The molecule has 0 aromatic carbocycles. The van der Waals surface area contributed by atoms with Gasteiger partial charge in [0.1, 0.15) is 6.79 Å². The van der Waals surface area contributed by atoms with Crippen LogP contribution in [0.15, 0.2) is 0 Å². The summed E-state index contributed by atoms with van der Waals surface area (Å²) >= 11 is 3.53. The molecule has 1 rings (SSSR count). The lowest BCUT2D eigenvalue weighted by atomic mass is 9.97. The lowest BCUT2D eigenvalue weighted by Gasteiger charge is -2.15. The molecule has 1 aliphatic carbocycles. The van der Waals surface area contributed by atoms with Crippen LogP contribution in [0, 0.1) is 0 Å².